The van der Waals surface area contributed by atoms with Crippen LogP contribution in [0.5, 0.6) is 5.75 Å². The van der Waals surface area contributed by atoms with Crippen molar-refractivity contribution in [3.63, 3.8) is 0 Å². The van der Waals surface area contributed by atoms with Gasteiger partial charge in [0.1, 0.15) is 30.1 Å². The van der Waals surface area contributed by atoms with Crippen LogP contribution < -0.4 is 4.74 Å². The molecule has 0 radical (unpaired) electrons. The lowest BCUT2D eigenvalue weighted by molar-refractivity contribution is 0.200. The molecule has 1 N–H and O–H groups in total. The molecule has 126 valence electrons. The average molecular weight is 337 g/mol. The Balaban J connectivity index is 1.65. The SMILES string of the molecule is N#Cc1cccc(OCCn2ccnc2[C@H](O)c2ccc(F)cc2)c1. The molecule has 0 spiro atoms. The Hall–Kier alpha value is -3.17. The number of nitriles is 1. The number of hydrogen-bond acceptors (Lipinski definition) is 4. The standard InChI is InChI=1S/C19H16FN3O2/c20-16-6-4-15(5-7-16)18(24)19-22-8-9-23(19)10-11-25-17-3-1-2-14(12-17)13-21/h1-9,12,18,24H,10-11H2/t18-/m1/s1. The average Bonchev–Trinajstić information content (AvgIpc) is 3.10. The minimum absolute atomic E-state index is 0.354. The van der Waals surface area contributed by atoms with Crippen LogP contribution >= 0.6 is 0 Å². The molecule has 3 rings (SSSR count). The third-order valence-electron chi connectivity index (χ3n) is 3.74. The highest BCUT2D eigenvalue weighted by atomic mass is 19.1. The second kappa shape index (κ2) is 7.60. The Labute approximate surface area is 144 Å². The fourth-order valence-corrected chi connectivity index (χ4v) is 2.47. The van der Waals surface area contributed by atoms with Crippen molar-refractivity contribution in [2.24, 2.45) is 0 Å². The number of nitrogens with zero attached hydrogens (tertiary/aromatic N) is 3. The van der Waals surface area contributed by atoms with Crippen LogP contribution in [-0.2, 0) is 6.54 Å². The van der Waals surface area contributed by atoms with Crippen molar-refractivity contribution in [1.29, 1.82) is 5.26 Å². The van der Waals surface area contributed by atoms with Gasteiger partial charge in [-0.15, -0.1) is 0 Å². The van der Waals surface area contributed by atoms with Crippen molar-refractivity contribution in [2.75, 3.05) is 6.61 Å². The summed E-state index contributed by atoms with van der Waals surface area (Å²) in [6.45, 7) is 0.832. The van der Waals surface area contributed by atoms with Crippen LogP contribution in [0.25, 0.3) is 0 Å². The second-order valence-electron chi connectivity index (χ2n) is 5.42. The van der Waals surface area contributed by atoms with Gasteiger partial charge in [0, 0.05) is 12.4 Å². The molecule has 0 fully saturated rings. The molecule has 2 aromatic carbocycles. The van der Waals surface area contributed by atoms with Crippen LogP contribution in [0, 0.1) is 17.1 Å². The van der Waals surface area contributed by atoms with Gasteiger partial charge in [-0.2, -0.15) is 5.26 Å². The molecule has 0 aliphatic rings. The summed E-state index contributed by atoms with van der Waals surface area (Å²) >= 11 is 0. The van der Waals surface area contributed by atoms with Crippen LogP contribution in [0.15, 0.2) is 60.9 Å². The summed E-state index contributed by atoms with van der Waals surface area (Å²) in [5, 5.41) is 19.3. The molecule has 1 aromatic heterocycles. The monoisotopic (exact) mass is 337 g/mol. The fraction of sp³-hybridized carbons (Fsp3) is 0.158. The summed E-state index contributed by atoms with van der Waals surface area (Å²) in [4.78, 5) is 4.19. The van der Waals surface area contributed by atoms with Gasteiger partial charge in [-0.3, -0.25) is 0 Å². The Morgan fingerprint density at radius 2 is 2.04 bits per heavy atom. The Morgan fingerprint density at radius 3 is 2.80 bits per heavy atom. The number of aromatic nitrogens is 2. The van der Waals surface area contributed by atoms with E-state index in [9.17, 15) is 9.50 Å². The van der Waals surface area contributed by atoms with E-state index in [-0.39, 0.29) is 5.82 Å². The van der Waals surface area contributed by atoms with E-state index < -0.39 is 6.10 Å². The summed E-state index contributed by atoms with van der Waals surface area (Å²) in [7, 11) is 0. The predicted molar refractivity (Wildman–Crippen MR) is 89.3 cm³/mol. The molecule has 0 saturated carbocycles. The molecule has 0 unspecified atom stereocenters. The first-order valence-electron chi connectivity index (χ1n) is 7.75. The van der Waals surface area contributed by atoms with Crippen LogP contribution in [0.2, 0.25) is 0 Å². The Bertz CT molecular complexity index is 884. The lowest BCUT2D eigenvalue weighted by Crippen LogP contribution is -2.14. The van der Waals surface area contributed by atoms with Gasteiger partial charge in [-0.05, 0) is 35.9 Å². The second-order valence-corrected chi connectivity index (χ2v) is 5.42. The molecule has 1 atom stereocenters. The molecule has 0 aliphatic carbocycles. The summed E-state index contributed by atoms with van der Waals surface area (Å²) in [5.74, 6) is 0.716. The molecular weight excluding hydrogens is 321 g/mol. The minimum Gasteiger partial charge on any atom is -0.492 e. The van der Waals surface area contributed by atoms with Crippen LogP contribution in [-0.4, -0.2) is 21.3 Å². The summed E-state index contributed by atoms with van der Waals surface area (Å²) < 4.78 is 20.4. The third kappa shape index (κ3) is 4.03. The lowest BCUT2D eigenvalue weighted by atomic mass is 10.1. The summed E-state index contributed by atoms with van der Waals surface area (Å²) in [6, 6.07) is 14.6. The molecule has 0 aliphatic heterocycles. The molecule has 0 amide bonds. The van der Waals surface area contributed by atoms with E-state index >= 15 is 0 Å². The summed E-state index contributed by atoms with van der Waals surface area (Å²) in [6.07, 6.45) is 2.40. The number of ether oxygens (including phenoxy) is 1. The topological polar surface area (TPSA) is 71.1 Å². The molecule has 1 heterocycles. The van der Waals surface area contributed by atoms with Gasteiger partial charge in [0.05, 0.1) is 18.2 Å². The zero-order valence-corrected chi connectivity index (χ0v) is 13.3. The van der Waals surface area contributed by atoms with E-state index in [1.165, 1.54) is 24.3 Å². The lowest BCUT2D eigenvalue weighted by Gasteiger charge is -2.14. The largest absolute Gasteiger partial charge is 0.492 e. The first kappa shape index (κ1) is 16.7. The number of aliphatic hydroxyl groups excluding tert-OH is 1. The van der Waals surface area contributed by atoms with Crippen molar-refractivity contribution in [3.05, 3.63) is 83.7 Å². The highest BCUT2D eigenvalue weighted by molar-refractivity contribution is 5.36. The predicted octanol–water partition coefficient (Wildman–Crippen LogP) is 3.05. The van der Waals surface area contributed by atoms with E-state index in [0.29, 0.717) is 35.9 Å². The van der Waals surface area contributed by atoms with E-state index in [4.69, 9.17) is 10.00 Å². The Morgan fingerprint density at radius 1 is 1.24 bits per heavy atom. The normalized spacial score (nSPS) is 11.7. The molecule has 0 saturated heterocycles. The van der Waals surface area contributed by atoms with Crippen molar-refractivity contribution < 1.29 is 14.2 Å². The van der Waals surface area contributed by atoms with Gasteiger partial charge in [0.2, 0.25) is 0 Å². The van der Waals surface area contributed by atoms with Gasteiger partial charge in [0.15, 0.2) is 0 Å². The van der Waals surface area contributed by atoms with E-state index in [1.54, 1.807) is 41.2 Å². The van der Waals surface area contributed by atoms with Crippen molar-refractivity contribution in [1.82, 2.24) is 9.55 Å². The van der Waals surface area contributed by atoms with Gasteiger partial charge >= 0.3 is 0 Å². The number of imidazole rings is 1. The van der Waals surface area contributed by atoms with Gasteiger partial charge in [-0.1, -0.05) is 18.2 Å². The van der Waals surface area contributed by atoms with E-state index in [0.717, 1.165) is 0 Å². The van der Waals surface area contributed by atoms with Crippen molar-refractivity contribution >= 4 is 0 Å². The number of hydrogen-bond donors (Lipinski definition) is 1. The zero-order valence-electron chi connectivity index (χ0n) is 13.3. The van der Waals surface area contributed by atoms with Gasteiger partial charge in [-0.25, -0.2) is 9.37 Å². The fourth-order valence-electron chi connectivity index (χ4n) is 2.47. The highest BCUT2D eigenvalue weighted by Crippen LogP contribution is 2.21. The first-order valence-corrected chi connectivity index (χ1v) is 7.75. The maximum atomic E-state index is 13.0. The van der Waals surface area contributed by atoms with Crippen LogP contribution in [0.4, 0.5) is 4.39 Å². The van der Waals surface area contributed by atoms with Crippen LogP contribution in [0.1, 0.15) is 23.1 Å². The summed E-state index contributed by atoms with van der Waals surface area (Å²) in [5.41, 5.74) is 1.10. The zero-order chi connectivity index (χ0) is 17.6. The smallest absolute Gasteiger partial charge is 0.142 e. The van der Waals surface area contributed by atoms with Crippen molar-refractivity contribution in [2.45, 2.75) is 12.6 Å². The third-order valence-corrected chi connectivity index (χ3v) is 3.74. The molecule has 6 heteroatoms. The maximum absolute atomic E-state index is 13.0. The molecule has 25 heavy (non-hydrogen) atoms. The number of halogens is 1. The number of rotatable bonds is 6. The van der Waals surface area contributed by atoms with Gasteiger partial charge < -0.3 is 14.4 Å². The number of benzene rings is 2. The molecule has 3 aromatic rings. The van der Waals surface area contributed by atoms with Crippen LogP contribution in [0.3, 0.4) is 0 Å². The first-order chi connectivity index (χ1) is 12.2. The number of aliphatic hydroxyl groups is 1. The molecule has 0 bridgehead atoms. The minimum atomic E-state index is -0.947. The van der Waals surface area contributed by atoms with E-state index in [2.05, 4.69) is 11.1 Å². The maximum Gasteiger partial charge on any atom is 0.142 e. The van der Waals surface area contributed by atoms with E-state index in [1.807, 2.05) is 0 Å². The van der Waals surface area contributed by atoms with Gasteiger partial charge in [0.25, 0.3) is 0 Å². The Kier molecular flexibility index (Phi) is 5.07. The highest BCUT2D eigenvalue weighted by Gasteiger charge is 2.16. The quantitative estimate of drug-likeness (QED) is 0.750. The van der Waals surface area contributed by atoms with Crippen molar-refractivity contribution in [3.8, 4) is 11.8 Å². The molecular formula is C19H16FN3O2. The molecule has 5 nitrogen and oxygen atoms in total.